The molecule has 0 saturated heterocycles. The highest BCUT2D eigenvalue weighted by molar-refractivity contribution is 5.76. The average Bonchev–Trinajstić information content (AvgIpc) is 3.36. The Labute approximate surface area is 437 Å². The molecule has 0 radical (unpaired) electrons. The maximum atomic E-state index is 12.5. The number of allylic oxidation sites excluding steroid dienone is 4. The minimum absolute atomic E-state index is 0.00728. The third kappa shape index (κ3) is 55.7. The molecule has 6 heteroatoms. The number of hydrogen-bond donors (Lipinski definition) is 3. The van der Waals surface area contributed by atoms with E-state index in [0.29, 0.717) is 25.9 Å². The third-order valence-electron chi connectivity index (χ3n) is 14.7. The third-order valence-corrected chi connectivity index (χ3v) is 14.7. The quantitative estimate of drug-likeness (QED) is 0.0321. The first-order chi connectivity index (χ1) is 34.5. The van der Waals surface area contributed by atoms with Crippen molar-refractivity contribution in [3.05, 3.63) is 24.3 Å². The number of unbranched alkanes of at least 4 members (excludes halogenated alkanes) is 44. The van der Waals surface area contributed by atoms with Crippen LogP contribution in [0, 0.1) is 0 Å². The second-order valence-corrected chi connectivity index (χ2v) is 21.7. The molecular formula is C64H123NO5. The standard InChI is InChI=1S/C64H123NO5/c1-3-5-7-9-11-13-15-17-18-19-20-21-22-23-26-29-33-36-40-44-48-52-56-62(67)61(60-66)65-63(68)57-53-49-45-41-37-34-30-27-24-25-28-31-35-39-43-47-51-55-59-70-64(69)58-54-50-46-42-38-32-16-14-12-10-8-6-4-2/h8,10,14,16,61-62,66-67H,3-7,9,11-13,15,17-60H2,1-2H3,(H,65,68)/b10-8-,16-14-. The molecule has 414 valence electrons. The number of hydrogen-bond acceptors (Lipinski definition) is 5. The van der Waals surface area contributed by atoms with Gasteiger partial charge in [0.05, 0.1) is 25.4 Å². The fourth-order valence-corrected chi connectivity index (χ4v) is 9.92. The minimum Gasteiger partial charge on any atom is -0.466 e. The summed E-state index contributed by atoms with van der Waals surface area (Å²) in [6, 6.07) is -0.546. The van der Waals surface area contributed by atoms with E-state index in [1.165, 1.54) is 263 Å². The van der Waals surface area contributed by atoms with Gasteiger partial charge in [-0.05, 0) is 51.4 Å². The number of carbonyl (C=O) groups is 2. The molecule has 3 N–H and O–H groups in total. The highest BCUT2D eigenvalue weighted by Crippen LogP contribution is 2.18. The largest absolute Gasteiger partial charge is 0.466 e. The topological polar surface area (TPSA) is 95.9 Å². The number of aliphatic hydroxyl groups excluding tert-OH is 2. The highest BCUT2D eigenvalue weighted by Gasteiger charge is 2.20. The molecule has 70 heavy (non-hydrogen) atoms. The van der Waals surface area contributed by atoms with E-state index in [-0.39, 0.29) is 18.5 Å². The van der Waals surface area contributed by atoms with Crippen molar-refractivity contribution < 1.29 is 24.5 Å². The lowest BCUT2D eigenvalue weighted by Crippen LogP contribution is -2.45. The molecule has 0 fully saturated rings. The summed E-state index contributed by atoms with van der Waals surface area (Å²) < 4.78 is 5.47. The van der Waals surface area contributed by atoms with Crippen molar-refractivity contribution in [1.29, 1.82) is 0 Å². The molecule has 2 atom stereocenters. The van der Waals surface area contributed by atoms with Crippen LogP contribution in [0.25, 0.3) is 0 Å². The molecule has 0 rings (SSSR count). The summed E-state index contributed by atoms with van der Waals surface area (Å²) >= 11 is 0. The van der Waals surface area contributed by atoms with E-state index in [1.807, 2.05) is 0 Å². The Balaban J connectivity index is 3.41. The molecular weight excluding hydrogens is 863 g/mol. The summed E-state index contributed by atoms with van der Waals surface area (Å²) in [4.78, 5) is 24.6. The molecule has 1 amide bonds. The number of esters is 1. The molecule has 0 aromatic carbocycles. The summed E-state index contributed by atoms with van der Waals surface area (Å²) in [5.74, 6) is -0.0430. The molecule has 6 nitrogen and oxygen atoms in total. The van der Waals surface area contributed by atoms with Gasteiger partial charge in [-0.3, -0.25) is 9.59 Å². The SMILES string of the molecule is CCC/C=C\C/C=C\CCCCCCCC(=O)OCCCCCCCCCCCCCCCCCCCCC(=O)NC(CO)C(O)CCCCCCCCCCCCCCCCCCCCCCCC. The average molecular weight is 987 g/mol. The van der Waals surface area contributed by atoms with Gasteiger partial charge >= 0.3 is 5.97 Å². The fraction of sp³-hybridized carbons (Fsp3) is 0.906. The number of nitrogens with one attached hydrogen (secondary N) is 1. The molecule has 0 aliphatic carbocycles. The van der Waals surface area contributed by atoms with Crippen LogP contribution in [0.15, 0.2) is 24.3 Å². The van der Waals surface area contributed by atoms with Crippen LogP contribution in [0.3, 0.4) is 0 Å². The summed E-state index contributed by atoms with van der Waals surface area (Å²) in [7, 11) is 0. The second kappa shape index (κ2) is 59.9. The van der Waals surface area contributed by atoms with Crippen LogP contribution < -0.4 is 5.32 Å². The molecule has 0 aliphatic rings. The number of aliphatic hydroxyl groups is 2. The zero-order valence-corrected chi connectivity index (χ0v) is 47.3. The molecule has 0 spiro atoms. The normalized spacial score (nSPS) is 12.7. The summed E-state index contributed by atoms with van der Waals surface area (Å²) in [5, 5.41) is 23.4. The van der Waals surface area contributed by atoms with Crippen molar-refractivity contribution in [1.82, 2.24) is 5.32 Å². The first-order valence-corrected chi connectivity index (χ1v) is 31.6. The Morgan fingerprint density at radius 2 is 0.743 bits per heavy atom. The fourth-order valence-electron chi connectivity index (χ4n) is 9.92. The lowest BCUT2D eigenvalue weighted by molar-refractivity contribution is -0.143. The van der Waals surface area contributed by atoms with Gasteiger partial charge in [-0.1, -0.05) is 308 Å². The van der Waals surface area contributed by atoms with E-state index < -0.39 is 12.1 Å². The van der Waals surface area contributed by atoms with Gasteiger partial charge in [-0.15, -0.1) is 0 Å². The molecule has 0 aromatic rings. The number of amides is 1. The number of rotatable bonds is 59. The van der Waals surface area contributed by atoms with Crippen LogP contribution in [-0.4, -0.2) is 47.4 Å². The van der Waals surface area contributed by atoms with E-state index in [2.05, 4.69) is 43.5 Å². The van der Waals surface area contributed by atoms with Crippen LogP contribution in [0.4, 0.5) is 0 Å². The van der Waals surface area contributed by atoms with Gasteiger partial charge < -0.3 is 20.3 Å². The molecule has 0 heterocycles. The molecule has 0 aromatic heterocycles. The van der Waals surface area contributed by atoms with Gasteiger partial charge in [0.2, 0.25) is 5.91 Å². The minimum atomic E-state index is -0.668. The van der Waals surface area contributed by atoms with Crippen LogP contribution >= 0.6 is 0 Å². The van der Waals surface area contributed by atoms with E-state index in [4.69, 9.17) is 4.74 Å². The van der Waals surface area contributed by atoms with E-state index in [9.17, 15) is 19.8 Å². The monoisotopic (exact) mass is 986 g/mol. The van der Waals surface area contributed by atoms with Gasteiger partial charge in [-0.2, -0.15) is 0 Å². The van der Waals surface area contributed by atoms with Crippen molar-refractivity contribution in [3.8, 4) is 0 Å². The summed E-state index contributed by atoms with van der Waals surface area (Å²) in [6.45, 7) is 4.90. The van der Waals surface area contributed by atoms with Crippen molar-refractivity contribution in [3.63, 3.8) is 0 Å². The Morgan fingerprint density at radius 1 is 0.400 bits per heavy atom. The number of carbonyl (C=O) groups excluding carboxylic acids is 2. The van der Waals surface area contributed by atoms with E-state index in [0.717, 1.165) is 51.4 Å². The molecule has 0 saturated carbocycles. The first-order valence-electron chi connectivity index (χ1n) is 31.6. The molecule has 2 unspecified atom stereocenters. The Kier molecular flexibility index (Phi) is 58.5. The van der Waals surface area contributed by atoms with Crippen molar-refractivity contribution in [2.45, 2.75) is 360 Å². The maximum absolute atomic E-state index is 12.5. The highest BCUT2D eigenvalue weighted by atomic mass is 16.5. The summed E-state index contributed by atoms with van der Waals surface area (Å²) in [5.41, 5.74) is 0. The van der Waals surface area contributed by atoms with E-state index >= 15 is 0 Å². The predicted octanol–water partition coefficient (Wildman–Crippen LogP) is 19.8. The van der Waals surface area contributed by atoms with Gasteiger partial charge in [0.1, 0.15) is 0 Å². The van der Waals surface area contributed by atoms with Crippen LogP contribution in [0.1, 0.15) is 348 Å². The van der Waals surface area contributed by atoms with Gasteiger partial charge in [0.25, 0.3) is 0 Å². The number of ether oxygens (including phenoxy) is 1. The van der Waals surface area contributed by atoms with Crippen molar-refractivity contribution in [2.75, 3.05) is 13.2 Å². The van der Waals surface area contributed by atoms with Gasteiger partial charge in [0.15, 0.2) is 0 Å². The van der Waals surface area contributed by atoms with E-state index in [1.54, 1.807) is 0 Å². The second-order valence-electron chi connectivity index (χ2n) is 21.7. The van der Waals surface area contributed by atoms with Crippen LogP contribution in [0.5, 0.6) is 0 Å². The zero-order chi connectivity index (χ0) is 50.7. The summed E-state index contributed by atoms with van der Waals surface area (Å²) in [6.07, 6.45) is 73.3. The first kappa shape index (κ1) is 68.3. The lowest BCUT2D eigenvalue weighted by atomic mass is 10.0. The Morgan fingerprint density at radius 3 is 1.14 bits per heavy atom. The molecule has 0 bridgehead atoms. The maximum Gasteiger partial charge on any atom is 0.305 e. The van der Waals surface area contributed by atoms with Crippen LogP contribution in [0.2, 0.25) is 0 Å². The van der Waals surface area contributed by atoms with Gasteiger partial charge in [-0.25, -0.2) is 0 Å². The van der Waals surface area contributed by atoms with Crippen LogP contribution in [-0.2, 0) is 14.3 Å². The Hall–Kier alpha value is -1.66. The lowest BCUT2D eigenvalue weighted by Gasteiger charge is -2.22. The zero-order valence-electron chi connectivity index (χ0n) is 47.3. The Bertz CT molecular complexity index is 1090. The molecule has 0 aliphatic heterocycles. The van der Waals surface area contributed by atoms with Crippen molar-refractivity contribution >= 4 is 11.9 Å². The van der Waals surface area contributed by atoms with Crippen molar-refractivity contribution in [2.24, 2.45) is 0 Å². The smallest absolute Gasteiger partial charge is 0.305 e. The van der Waals surface area contributed by atoms with Gasteiger partial charge in [0, 0.05) is 12.8 Å². The predicted molar refractivity (Wildman–Crippen MR) is 306 cm³/mol.